The second kappa shape index (κ2) is 5.64. The van der Waals surface area contributed by atoms with E-state index in [1.165, 1.54) is 11.0 Å². The average molecular weight is 447 g/mol. The molecule has 0 amide bonds. The molecule has 0 saturated heterocycles. The maximum absolute atomic E-state index is 12.2. The molecule has 0 spiro atoms. The zero-order chi connectivity index (χ0) is 15.9. The van der Waals surface area contributed by atoms with Crippen molar-refractivity contribution < 1.29 is 12.6 Å². The number of benzene rings is 2. The van der Waals surface area contributed by atoms with Gasteiger partial charge in [0.05, 0.1) is 4.47 Å². The summed E-state index contributed by atoms with van der Waals surface area (Å²) in [7, 11) is -2.49. The molecule has 3 rings (SSSR count). The first-order chi connectivity index (χ1) is 10.4. The maximum Gasteiger partial charge on any atom is 0.377 e. The minimum atomic E-state index is -4.07. The fourth-order valence-corrected chi connectivity index (χ4v) is 3.81. The van der Waals surface area contributed by atoms with E-state index < -0.39 is 10.1 Å². The van der Waals surface area contributed by atoms with Crippen molar-refractivity contribution in [2.45, 2.75) is 5.16 Å². The molecule has 0 bridgehead atoms. The van der Waals surface area contributed by atoms with Gasteiger partial charge in [0.2, 0.25) is 0 Å². The van der Waals surface area contributed by atoms with Gasteiger partial charge in [0.15, 0.2) is 5.75 Å². The van der Waals surface area contributed by atoms with Crippen LogP contribution in [0.2, 0.25) is 0 Å². The Kier molecular flexibility index (Phi) is 3.96. The first kappa shape index (κ1) is 15.4. The summed E-state index contributed by atoms with van der Waals surface area (Å²) in [5.74, 6) is 0.183. The highest BCUT2D eigenvalue weighted by atomic mass is 79.9. The van der Waals surface area contributed by atoms with E-state index in [-0.39, 0.29) is 10.9 Å². The van der Waals surface area contributed by atoms with Crippen LogP contribution in [0.5, 0.6) is 5.75 Å². The maximum atomic E-state index is 12.2. The first-order valence-electron chi connectivity index (χ1n) is 6.05. The molecule has 22 heavy (non-hydrogen) atoms. The van der Waals surface area contributed by atoms with Gasteiger partial charge in [-0.25, -0.2) is 4.98 Å². The Labute approximate surface area is 143 Å². The quantitative estimate of drug-likeness (QED) is 0.577. The standard InChI is InChI=1S/C13H9Br2N3O3S/c1-18-7-16-13(17-18)22(19,20)21-11-5-2-8-6-9(14)3-4-10(8)12(11)15/h2-7H,1H3. The number of hydrogen-bond donors (Lipinski definition) is 0. The SMILES string of the molecule is Cn1cnc(S(=O)(=O)Oc2ccc3cc(Br)ccc3c2Br)n1. The third-order valence-electron chi connectivity index (χ3n) is 2.88. The van der Waals surface area contributed by atoms with Crippen LogP contribution in [-0.2, 0) is 17.2 Å². The van der Waals surface area contributed by atoms with Gasteiger partial charge in [0.1, 0.15) is 6.33 Å². The van der Waals surface area contributed by atoms with Crippen molar-refractivity contribution >= 4 is 52.8 Å². The smallest absolute Gasteiger partial charge is 0.375 e. The number of aryl methyl sites for hydroxylation is 1. The third kappa shape index (κ3) is 2.88. The molecule has 9 heteroatoms. The Hall–Kier alpha value is -1.45. The van der Waals surface area contributed by atoms with Gasteiger partial charge in [-0.05, 0) is 44.9 Å². The molecule has 0 unspecified atom stereocenters. The highest BCUT2D eigenvalue weighted by molar-refractivity contribution is 9.11. The average Bonchev–Trinajstić information content (AvgIpc) is 2.89. The summed E-state index contributed by atoms with van der Waals surface area (Å²) in [6, 6.07) is 9.02. The van der Waals surface area contributed by atoms with E-state index in [1.54, 1.807) is 19.2 Å². The second-order valence-corrected chi connectivity index (χ2v) is 7.63. The highest BCUT2D eigenvalue weighted by Gasteiger charge is 2.23. The van der Waals surface area contributed by atoms with Crippen molar-refractivity contribution in [3.05, 3.63) is 45.6 Å². The molecule has 0 aliphatic heterocycles. The number of fused-ring (bicyclic) bond motifs is 1. The van der Waals surface area contributed by atoms with Crippen LogP contribution in [0.25, 0.3) is 10.8 Å². The van der Waals surface area contributed by atoms with Gasteiger partial charge in [-0.1, -0.05) is 28.1 Å². The number of halogens is 2. The van der Waals surface area contributed by atoms with Gasteiger partial charge >= 0.3 is 15.3 Å². The predicted octanol–water partition coefficient (Wildman–Crippen LogP) is 3.26. The summed E-state index contributed by atoms with van der Waals surface area (Å²) in [4.78, 5) is 3.70. The van der Waals surface area contributed by atoms with Gasteiger partial charge < -0.3 is 4.18 Å². The highest BCUT2D eigenvalue weighted by Crippen LogP contribution is 2.35. The van der Waals surface area contributed by atoms with E-state index in [2.05, 4.69) is 41.9 Å². The molecular formula is C13H9Br2N3O3S. The Morgan fingerprint density at radius 2 is 1.95 bits per heavy atom. The number of nitrogens with zero attached hydrogens (tertiary/aromatic N) is 3. The van der Waals surface area contributed by atoms with Crippen LogP contribution in [0.1, 0.15) is 0 Å². The third-order valence-corrected chi connectivity index (χ3v) is 5.23. The molecule has 6 nitrogen and oxygen atoms in total. The van der Waals surface area contributed by atoms with E-state index >= 15 is 0 Å². The van der Waals surface area contributed by atoms with Crippen molar-refractivity contribution in [3.63, 3.8) is 0 Å². The van der Waals surface area contributed by atoms with E-state index in [9.17, 15) is 8.42 Å². The van der Waals surface area contributed by atoms with Crippen LogP contribution in [-0.4, -0.2) is 23.2 Å². The molecule has 1 aromatic heterocycles. The van der Waals surface area contributed by atoms with Gasteiger partial charge in [-0.2, -0.15) is 8.42 Å². The van der Waals surface area contributed by atoms with E-state index in [4.69, 9.17) is 4.18 Å². The molecule has 0 saturated carbocycles. The molecule has 0 aliphatic carbocycles. The molecule has 2 aromatic carbocycles. The molecule has 0 atom stereocenters. The molecule has 0 N–H and O–H groups in total. The minimum Gasteiger partial charge on any atom is -0.375 e. The minimum absolute atomic E-state index is 0.183. The van der Waals surface area contributed by atoms with E-state index in [0.717, 1.165) is 15.2 Å². The summed E-state index contributed by atoms with van der Waals surface area (Å²) in [5.41, 5.74) is 0. The normalized spacial score (nSPS) is 11.8. The lowest BCUT2D eigenvalue weighted by Gasteiger charge is -2.09. The van der Waals surface area contributed by atoms with E-state index in [0.29, 0.717) is 4.47 Å². The van der Waals surface area contributed by atoms with Gasteiger partial charge in [0.25, 0.3) is 0 Å². The molecule has 3 aromatic rings. The number of rotatable bonds is 3. The molecular weight excluding hydrogens is 438 g/mol. The summed E-state index contributed by atoms with van der Waals surface area (Å²) in [6.45, 7) is 0. The summed E-state index contributed by atoms with van der Waals surface area (Å²) < 4.78 is 32.3. The van der Waals surface area contributed by atoms with Crippen molar-refractivity contribution in [2.24, 2.45) is 7.05 Å². The molecule has 0 radical (unpaired) electrons. The van der Waals surface area contributed by atoms with Gasteiger partial charge in [-0.15, -0.1) is 5.10 Å². The van der Waals surface area contributed by atoms with Crippen molar-refractivity contribution in [1.82, 2.24) is 14.8 Å². The summed E-state index contributed by atoms with van der Waals surface area (Å²) in [6.07, 6.45) is 1.29. The fourth-order valence-electron chi connectivity index (χ4n) is 1.90. The fraction of sp³-hybridized carbons (Fsp3) is 0.0769. The van der Waals surface area contributed by atoms with Crippen LogP contribution in [0.3, 0.4) is 0 Å². The molecule has 0 fully saturated rings. The first-order valence-corrected chi connectivity index (χ1v) is 9.04. The van der Waals surface area contributed by atoms with Crippen LogP contribution in [0, 0.1) is 0 Å². The lowest BCUT2D eigenvalue weighted by molar-refractivity contribution is 0.475. The van der Waals surface area contributed by atoms with Crippen LogP contribution >= 0.6 is 31.9 Å². The zero-order valence-corrected chi connectivity index (χ0v) is 15.2. The summed E-state index contributed by atoms with van der Waals surface area (Å²) >= 11 is 6.78. The van der Waals surface area contributed by atoms with Gasteiger partial charge in [-0.3, -0.25) is 4.68 Å². The van der Waals surface area contributed by atoms with E-state index in [1.807, 2.05) is 18.2 Å². The largest absolute Gasteiger partial charge is 0.377 e. The Bertz CT molecular complexity index is 970. The topological polar surface area (TPSA) is 74.1 Å². The summed E-state index contributed by atoms with van der Waals surface area (Å²) in [5, 5.41) is 5.16. The Balaban J connectivity index is 2.04. The second-order valence-electron chi connectivity index (χ2n) is 4.48. The van der Waals surface area contributed by atoms with Crippen molar-refractivity contribution in [1.29, 1.82) is 0 Å². The molecule has 1 heterocycles. The van der Waals surface area contributed by atoms with Crippen molar-refractivity contribution in [3.8, 4) is 5.75 Å². The number of aromatic nitrogens is 3. The van der Waals surface area contributed by atoms with Crippen LogP contribution in [0.15, 0.2) is 50.8 Å². The van der Waals surface area contributed by atoms with Crippen molar-refractivity contribution in [2.75, 3.05) is 0 Å². The van der Waals surface area contributed by atoms with Crippen LogP contribution < -0.4 is 4.18 Å². The van der Waals surface area contributed by atoms with Crippen LogP contribution in [0.4, 0.5) is 0 Å². The Morgan fingerprint density at radius 3 is 2.64 bits per heavy atom. The number of hydrogen-bond acceptors (Lipinski definition) is 5. The zero-order valence-electron chi connectivity index (χ0n) is 11.2. The molecule has 114 valence electrons. The molecule has 0 aliphatic rings. The Morgan fingerprint density at radius 1 is 1.18 bits per heavy atom. The lowest BCUT2D eigenvalue weighted by atomic mass is 10.1. The predicted molar refractivity (Wildman–Crippen MR) is 88.2 cm³/mol. The van der Waals surface area contributed by atoms with Gasteiger partial charge in [0, 0.05) is 11.5 Å². The lowest BCUT2D eigenvalue weighted by Crippen LogP contribution is -2.12. The monoisotopic (exact) mass is 445 g/mol.